The molecule has 1 aliphatic heterocycles. The Kier molecular flexibility index (Phi) is 4.87. The van der Waals surface area contributed by atoms with Crippen LogP contribution in [0.5, 0.6) is 0 Å². The number of carbonyl (C=O) groups is 1. The molecule has 5 nitrogen and oxygen atoms in total. The van der Waals surface area contributed by atoms with Crippen molar-refractivity contribution in [3.8, 4) is 0 Å². The van der Waals surface area contributed by atoms with Crippen LogP contribution in [0.1, 0.15) is 23.2 Å². The predicted molar refractivity (Wildman–Crippen MR) is 92.0 cm³/mol. The molecule has 1 saturated heterocycles. The van der Waals surface area contributed by atoms with Gasteiger partial charge in [0.2, 0.25) is 0 Å². The van der Waals surface area contributed by atoms with Crippen LogP contribution in [0.25, 0.3) is 10.1 Å². The fourth-order valence-electron chi connectivity index (χ4n) is 2.39. The van der Waals surface area contributed by atoms with Gasteiger partial charge in [0, 0.05) is 28.6 Å². The fraction of sp³-hybridized carbons (Fsp3) is 0.333. The highest BCUT2D eigenvalue weighted by Gasteiger charge is 2.16. The summed E-state index contributed by atoms with van der Waals surface area (Å²) in [5.41, 5.74) is 6.00. The average Bonchev–Trinajstić information content (AvgIpc) is 3.19. The van der Waals surface area contributed by atoms with Crippen molar-refractivity contribution in [2.45, 2.75) is 18.9 Å². The third-order valence-corrected chi connectivity index (χ3v) is 4.74. The van der Waals surface area contributed by atoms with Crippen LogP contribution in [0.2, 0.25) is 0 Å². The van der Waals surface area contributed by atoms with Crippen LogP contribution in [0.4, 0.5) is 0 Å². The van der Waals surface area contributed by atoms with E-state index in [-0.39, 0.29) is 12.0 Å². The molecule has 1 aromatic carbocycles. The molecule has 116 valence electrons. The third-order valence-electron chi connectivity index (χ3n) is 3.53. The number of fused-ring (bicyclic) bond motifs is 1. The SMILES string of the molecule is O=C(NNC(=S)NCC1CCCO1)c1csc2ccccc12. The van der Waals surface area contributed by atoms with E-state index in [4.69, 9.17) is 17.0 Å². The van der Waals surface area contributed by atoms with Gasteiger partial charge in [0.05, 0.1) is 11.7 Å². The first kappa shape index (κ1) is 15.2. The molecule has 1 fully saturated rings. The van der Waals surface area contributed by atoms with Crippen LogP contribution < -0.4 is 16.2 Å². The Morgan fingerprint density at radius 2 is 2.23 bits per heavy atom. The number of nitrogens with one attached hydrogen (secondary N) is 3. The summed E-state index contributed by atoms with van der Waals surface area (Å²) < 4.78 is 6.59. The van der Waals surface area contributed by atoms with Gasteiger partial charge in [-0.05, 0) is 31.1 Å². The molecule has 3 rings (SSSR count). The second-order valence-corrected chi connectivity index (χ2v) is 6.39. The minimum absolute atomic E-state index is 0.196. The normalized spacial score (nSPS) is 17.4. The van der Waals surface area contributed by atoms with E-state index in [0.717, 1.165) is 29.5 Å². The lowest BCUT2D eigenvalue weighted by Gasteiger charge is -2.14. The Morgan fingerprint density at radius 1 is 1.36 bits per heavy atom. The van der Waals surface area contributed by atoms with E-state index < -0.39 is 0 Å². The van der Waals surface area contributed by atoms with Crippen LogP contribution in [-0.2, 0) is 4.74 Å². The maximum absolute atomic E-state index is 12.2. The lowest BCUT2D eigenvalue weighted by molar-refractivity contribution is 0.0945. The van der Waals surface area contributed by atoms with Crippen molar-refractivity contribution in [3.05, 3.63) is 35.2 Å². The molecule has 1 unspecified atom stereocenters. The Balaban J connectivity index is 1.50. The summed E-state index contributed by atoms with van der Waals surface area (Å²) in [5.74, 6) is -0.196. The lowest BCUT2D eigenvalue weighted by atomic mass is 10.2. The number of carbonyl (C=O) groups excluding carboxylic acids is 1. The molecular weight excluding hydrogens is 318 g/mol. The summed E-state index contributed by atoms with van der Waals surface area (Å²) in [4.78, 5) is 12.2. The molecule has 1 aromatic heterocycles. The first-order valence-corrected chi connectivity index (χ1v) is 8.45. The molecule has 1 amide bonds. The molecule has 0 aliphatic carbocycles. The number of hydrogen-bond acceptors (Lipinski definition) is 4. The van der Waals surface area contributed by atoms with E-state index >= 15 is 0 Å². The number of benzene rings is 1. The van der Waals surface area contributed by atoms with Crippen molar-refractivity contribution in [2.24, 2.45) is 0 Å². The zero-order chi connectivity index (χ0) is 15.4. The molecule has 3 N–H and O–H groups in total. The fourth-order valence-corrected chi connectivity index (χ4v) is 3.47. The van der Waals surface area contributed by atoms with Gasteiger partial charge in [-0.15, -0.1) is 11.3 Å². The molecule has 0 radical (unpaired) electrons. The van der Waals surface area contributed by atoms with Crippen LogP contribution in [0, 0.1) is 0 Å². The van der Waals surface area contributed by atoms with E-state index in [1.807, 2.05) is 29.6 Å². The molecule has 0 bridgehead atoms. The number of thiophene rings is 1. The monoisotopic (exact) mass is 335 g/mol. The molecule has 1 aliphatic rings. The van der Waals surface area contributed by atoms with Gasteiger partial charge in [-0.3, -0.25) is 15.6 Å². The first-order valence-electron chi connectivity index (χ1n) is 7.16. The van der Waals surface area contributed by atoms with E-state index in [2.05, 4.69) is 16.2 Å². The van der Waals surface area contributed by atoms with Crippen LogP contribution in [0.3, 0.4) is 0 Å². The largest absolute Gasteiger partial charge is 0.376 e. The molecule has 2 heterocycles. The van der Waals surface area contributed by atoms with Crippen LogP contribution in [-0.4, -0.2) is 30.3 Å². The highest BCUT2D eigenvalue weighted by molar-refractivity contribution is 7.80. The number of hydrogen-bond donors (Lipinski definition) is 3. The van der Waals surface area contributed by atoms with Crippen LogP contribution >= 0.6 is 23.6 Å². The Labute approximate surface area is 138 Å². The van der Waals surface area contributed by atoms with Gasteiger partial charge in [0.1, 0.15) is 0 Å². The Bertz CT molecular complexity index is 680. The van der Waals surface area contributed by atoms with Crippen LogP contribution in [0.15, 0.2) is 29.6 Å². The predicted octanol–water partition coefficient (Wildman–Crippen LogP) is 2.19. The summed E-state index contributed by atoms with van der Waals surface area (Å²) in [6.45, 7) is 1.47. The molecular formula is C15H17N3O2S2. The van der Waals surface area contributed by atoms with E-state index in [0.29, 0.717) is 17.2 Å². The van der Waals surface area contributed by atoms with Gasteiger partial charge in [0.25, 0.3) is 5.91 Å². The summed E-state index contributed by atoms with van der Waals surface area (Å²) in [6.07, 6.45) is 2.34. The summed E-state index contributed by atoms with van der Waals surface area (Å²) in [5, 5.41) is 6.24. The number of thiocarbonyl (C=S) groups is 1. The van der Waals surface area contributed by atoms with E-state index in [9.17, 15) is 4.79 Å². The number of ether oxygens (including phenoxy) is 1. The van der Waals surface area contributed by atoms with Crippen molar-refractivity contribution in [3.63, 3.8) is 0 Å². The molecule has 0 saturated carbocycles. The molecule has 2 aromatic rings. The quantitative estimate of drug-likeness (QED) is 0.593. The van der Waals surface area contributed by atoms with Crippen molar-refractivity contribution in [1.82, 2.24) is 16.2 Å². The Morgan fingerprint density at radius 3 is 3.05 bits per heavy atom. The number of rotatable bonds is 3. The zero-order valence-corrected chi connectivity index (χ0v) is 13.6. The maximum Gasteiger partial charge on any atom is 0.271 e. The smallest absolute Gasteiger partial charge is 0.271 e. The van der Waals surface area contributed by atoms with Crippen molar-refractivity contribution in [1.29, 1.82) is 0 Å². The second kappa shape index (κ2) is 7.04. The van der Waals surface area contributed by atoms with Crippen molar-refractivity contribution < 1.29 is 9.53 Å². The zero-order valence-electron chi connectivity index (χ0n) is 11.9. The number of hydrazine groups is 1. The van der Waals surface area contributed by atoms with E-state index in [1.54, 1.807) is 11.3 Å². The van der Waals surface area contributed by atoms with Crippen molar-refractivity contribution in [2.75, 3.05) is 13.2 Å². The van der Waals surface area contributed by atoms with Crippen molar-refractivity contribution >= 4 is 44.7 Å². The average molecular weight is 335 g/mol. The minimum atomic E-state index is -0.196. The summed E-state index contributed by atoms with van der Waals surface area (Å²) >= 11 is 6.69. The molecule has 7 heteroatoms. The summed E-state index contributed by atoms with van der Waals surface area (Å²) in [6, 6.07) is 7.82. The van der Waals surface area contributed by atoms with Gasteiger partial charge in [0.15, 0.2) is 5.11 Å². The third kappa shape index (κ3) is 3.55. The maximum atomic E-state index is 12.2. The standard InChI is InChI=1S/C15H17N3O2S2/c19-14(12-9-22-13-6-2-1-5-11(12)13)17-18-15(21)16-8-10-4-3-7-20-10/h1-2,5-6,9-10H,3-4,7-8H2,(H,17,19)(H2,16,18,21). The minimum Gasteiger partial charge on any atom is -0.376 e. The first-order chi connectivity index (χ1) is 10.7. The summed E-state index contributed by atoms with van der Waals surface area (Å²) in [7, 11) is 0. The van der Waals surface area contributed by atoms with Gasteiger partial charge in [-0.2, -0.15) is 0 Å². The number of amides is 1. The lowest BCUT2D eigenvalue weighted by Crippen LogP contribution is -2.48. The highest BCUT2D eigenvalue weighted by Crippen LogP contribution is 2.25. The van der Waals surface area contributed by atoms with Gasteiger partial charge >= 0.3 is 0 Å². The molecule has 0 spiro atoms. The van der Waals surface area contributed by atoms with Gasteiger partial charge < -0.3 is 10.1 Å². The van der Waals surface area contributed by atoms with E-state index in [1.165, 1.54) is 0 Å². The highest BCUT2D eigenvalue weighted by atomic mass is 32.1. The topological polar surface area (TPSA) is 62.4 Å². The molecule has 22 heavy (non-hydrogen) atoms. The Hall–Kier alpha value is -1.70. The van der Waals surface area contributed by atoms with Gasteiger partial charge in [-0.1, -0.05) is 18.2 Å². The second-order valence-electron chi connectivity index (χ2n) is 5.07. The molecule has 1 atom stereocenters. The van der Waals surface area contributed by atoms with Gasteiger partial charge in [-0.25, -0.2) is 0 Å².